The summed E-state index contributed by atoms with van der Waals surface area (Å²) in [6.45, 7) is 2.03. The molecule has 2 amide bonds. The Hall–Kier alpha value is -2.18. The predicted molar refractivity (Wildman–Crippen MR) is 83.8 cm³/mol. The minimum Gasteiger partial charge on any atom is -0.368 e. The van der Waals surface area contributed by atoms with Crippen LogP contribution >= 0.6 is 11.3 Å². The minimum atomic E-state index is -0.557. The van der Waals surface area contributed by atoms with Crippen LogP contribution in [0.2, 0.25) is 0 Å². The summed E-state index contributed by atoms with van der Waals surface area (Å²) in [4.78, 5) is 23.7. The molecule has 2 aromatic rings. The van der Waals surface area contributed by atoms with Crippen molar-refractivity contribution in [1.82, 2.24) is 5.32 Å². The maximum absolute atomic E-state index is 11.6. The average molecular weight is 303 g/mol. The second kappa shape index (κ2) is 7.01. The molecular formula is C15H17N3O2S. The average Bonchev–Trinajstić information content (AvgIpc) is 2.93. The van der Waals surface area contributed by atoms with Crippen LogP contribution in [0.15, 0.2) is 41.8 Å². The molecule has 1 aromatic carbocycles. The van der Waals surface area contributed by atoms with Gasteiger partial charge in [-0.2, -0.15) is 0 Å². The Kier molecular flexibility index (Phi) is 5.08. The molecule has 1 atom stereocenters. The van der Waals surface area contributed by atoms with Gasteiger partial charge in [0.25, 0.3) is 0 Å². The van der Waals surface area contributed by atoms with E-state index in [4.69, 9.17) is 5.73 Å². The molecule has 0 aliphatic rings. The van der Waals surface area contributed by atoms with Crippen LogP contribution in [0, 0.1) is 0 Å². The van der Waals surface area contributed by atoms with E-state index < -0.39 is 11.9 Å². The van der Waals surface area contributed by atoms with Crippen LogP contribution < -0.4 is 16.4 Å². The maximum atomic E-state index is 11.6. The van der Waals surface area contributed by atoms with Gasteiger partial charge < -0.3 is 11.1 Å². The minimum absolute atomic E-state index is 0.134. The lowest BCUT2D eigenvalue weighted by atomic mass is 10.1. The first-order valence-electron chi connectivity index (χ1n) is 6.49. The molecule has 5 nitrogen and oxygen atoms in total. The van der Waals surface area contributed by atoms with Crippen molar-refractivity contribution in [3.8, 4) is 0 Å². The van der Waals surface area contributed by atoms with Gasteiger partial charge in [-0.3, -0.25) is 14.9 Å². The molecule has 0 spiro atoms. The smallest absolute Gasteiger partial charge is 0.239 e. The fourth-order valence-corrected chi connectivity index (χ4v) is 2.62. The van der Waals surface area contributed by atoms with Crippen molar-refractivity contribution in [1.29, 1.82) is 0 Å². The van der Waals surface area contributed by atoms with Gasteiger partial charge >= 0.3 is 0 Å². The normalized spacial score (nSPS) is 11.9. The first kappa shape index (κ1) is 15.2. The summed E-state index contributed by atoms with van der Waals surface area (Å²) < 4.78 is 0. The highest BCUT2D eigenvalue weighted by Crippen LogP contribution is 2.18. The largest absolute Gasteiger partial charge is 0.368 e. The number of nitrogens with two attached hydrogens (primary N) is 1. The van der Waals surface area contributed by atoms with Gasteiger partial charge in [0.05, 0.1) is 0 Å². The molecular weight excluding hydrogens is 286 g/mol. The van der Waals surface area contributed by atoms with Crippen LogP contribution in [-0.2, 0) is 16.1 Å². The zero-order valence-electron chi connectivity index (χ0n) is 11.6. The van der Waals surface area contributed by atoms with E-state index in [9.17, 15) is 9.59 Å². The van der Waals surface area contributed by atoms with Crippen molar-refractivity contribution in [3.05, 3.63) is 52.2 Å². The number of primary amides is 1. The third-order valence-corrected chi connectivity index (χ3v) is 3.79. The van der Waals surface area contributed by atoms with Crippen LogP contribution in [-0.4, -0.2) is 11.8 Å². The lowest BCUT2D eigenvalue weighted by Crippen LogP contribution is -2.33. The number of amides is 2. The van der Waals surface area contributed by atoms with Crippen LogP contribution in [0.4, 0.5) is 5.69 Å². The maximum Gasteiger partial charge on any atom is 0.239 e. The fourth-order valence-electron chi connectivity index (χ4n) is 1.96. The first-order chi connectivity index (χ1) is 10.1. The summed E-state index contributed by atoms with van der Waals surface area (Å²) in [6, 6.07) is 10.5. The molecule has 0 radical (unpaired) electrons. The molecule has 2 rings (SSSR count). The molecule has 1 aromatic heterocycles. The zero-order valence-corrected chi connectivity index (χ0v) is 12.4. The van der Waals surface area contributed by atoms with E-state index in [2.05, 4.69) is 10.6 Å². The Morgan fingerprint density at radius 1 is 1.24 bits per heavy atom. The number of carbonyl (C=O) groups is 2. The van der Waals surface area contributed by atoms with Crippen LogP contribution in [0.5, 0.6) is 0 Å². The van der Waals surface area contributed by atoms with E-state index in [-0.39, 0.29) is 5.91 Å². The van der Waals surface area contributed by atoms with Crippen LogP contribution in [0.3, 0.4) is 0 Å². The lowest BCUT2D eigenvalue weighted by Gasteiger charge is -2.16. The number of carbonyl (C=O) groups excluding carboxylic acids is 2. The topological polar surface area (TPSA) is 84.2 Å². The van der Waals surface area contributed by atoms with E-state index in [0.717, 1.165) is 10.4 Å². The van der Waals surface area contributed by atoms with E-state index in [1.54, 1.807) is 35.6 Å². The standard InChI is InChI=1S/C15H17N3O2S/c1-10(19)18-12-6-4-11(5-7-12)14(15(16)20)17-9-13-3-2-8-21-13/h2-8,14,17H,9H2,1H3,(H2,16,20)(H,18,19). The van der Waals surface area contributed by atoms with Crippen molar-refractivity contribution in [2.75, 3.05) is 5.32 Å². The number of anilines is 1. The molecule has 0 saturated heterocycles. The summed E-state index contributed by atoms with van der Waals surface area (Å²) in [5, 5.41) is 7.81. The molecule has 1 heterocycles. The summed E-state index contributed by atoms with van der Waals surface area (Å²) >= 11 is 1.62. The highest BCUT2D eigenvalue weighted by atomic mass is 32.1. The van der Waals surface area contributed by atoms with Crippen LogP contribution in [0.1, 0.15) is 23.4 Å². The van der Waals surface area contributed by atoms with Gasteiger partial charge in [0.2, 0.25) is 11.8 Å². The molecule has 110 valence electrons. The Bertz CT molecular complexity index is 608. The Morgan fingerprint density at radius 3 is 2.48 bits per heavy atom. The van der Waals surface area contributed by atoms with Crippen molar-refractivity contribution in [3.63, 3.8) is 0 Å². The van der Waals surface area contributed by atoms with Crippen molar-refractivity contribution >= 4 is 28.8 Å². The molecule has 6 heteroatoms. The van der Waals surface area contributed by atoms with Gasteiger partial charge in [-0.15, -0.1) is 11.3 Å². The van der Waals surface area contributed by atoms with Gasteiger partial charge in [0.1, 0.15) is 6.04 Å². The zero-order chi connectivity index (χ0) is 15.2. The summed E-state index contributed by atoms with van der Waals surface area (Å²) in [5.74, 6) is -0.566. The highest BCUT2D eigenvalue weighted by Gasteiger charge is 2.17. The Balaban J connectivity index is 2.07. The quantitative estimate of drug-likeness (QED) is 0.763. The number of hydrogen-bond acceptors (Lipinski definition) is 4. The number of benzene rings is 1. The van der Waals surface area contributed by atoms with Gasteiger partial charge in [0, 0.05) is 24.0 Å². The first-order valence-corrected chi connectivity index (χ1v) is 7.37. The predicted octanol–water partition coefficient (Wildman–Crippen LogP) is 2.02. The van der Waals surface area contributed by atoms with Gasteiger partial charge in [-0.05, 0) is 29.1 Å². The number of nitrogens with one attached hydrogen (secondary N) is 2. The number of thiophene rings is 1. The third kappa shape index (κ3) is 4.40. The molecule has 0 bridgehead atoms. The van der Waals surface area contributed by atoms with Crippen molar-refractivity contribution < 1.29 is 9.59 Å². The van der Waals surface area contributed by atoms with E-state index >= 15 is 0 Å². The molecule has 0 fully saturated rings. The lowest BCUT2D eigenvalue weighted by molar-refractivity contribution is -0.120. The van der Waals surface area contributed by atoms with E-state index in [0.29, 0.717) is 12.2 Å². The monoisotopic (exact) mass is 303 g/mol. The summed E-state index contributed by atoms with van der Waals surface area (Å²) in [7, 11) is 0. The number of rotatable bonds is 6. The fraction of sp³-hybridized carbons (Fsp3) is 0.200. The van der Waals surface area contributed by atoms with E-state index in [1.165, 1.54) is 6.92 Å². The SMILES string of the molecule is CC(=O)Nc1ccc(C(NCc2cccs2)C(N)=O)cc1. The van der Waals surface area contributed by atoms with Crippen molar-refractivity contribution in [2.45, 2.75) is 19.5 Å². The molecule has 0 aliphatic heterocycles. The second-order valence-corrected chi connectivity index (χ2v) is 5.63. The molecule has 21 heavy (non-hydrogen) atoms. The number of hydrogen-bond donors (Lipinski definition) is 3. The van der Waals surface area contributed by atoms with Gasteiger partial charge in [0.15, 0.2) is 0 Å². The van der Waals surface area contributed by atoms with Gasteiger partial charge in [-0.25, -0.2) is 0 Å². The Morgan fingerprint density at radius 2 is 1.95 bits per heavy atom. The molecule has 1 unspecified atom stereocenters. The summed E-state index contributed by atoms with van der Waals surface area (Å²) in [5.41, 5.74) is 6.92. The van der Waals surface area contributed by atoms with Crippen molar-refractivity contribution in [2.24, 2.45) is 5.73 Å². The molecule has 0 saturated carbocycles. The second-order valence-electron chi connectivity index (χ2n) is 4.60. The summed E-state index contributed by atoms with van der Waals surface area (Å²) in [6.07, 6.45) is 0. The Labute approximate surface area is 127 Å². The highest BCUT2D eigenvalue weighted by molar-refractivity contribution is 7.09. The third-order valence-electron chi connectivity index (χ3n) is 2.91. The van der Waals surface area contributed by atoms with E-state index in [1.807, 2.05) is 17.5 Å². The molecule has 0 aliphatic carbocycles. The van der Waals surface area contributed by atoms with Gasteiger partial charge in [-0.1, -0.05) is 18.2 Å². The van der Waals surface area contributed by atoms with Crippen LogP contribution in [0.25, 0.3) is 0 Å². The molecule has 4 N–H and O–H groups in total.